The van der Waals surface area contributed by atoms with Gasteiger partial charge in [-0.25, -0.2) is 0 Å². The van der Waals surface area contributed by atoms with Crippen LogP contribution in [0.25, 0.3) is 0 Å². The van der Waals surface area contributed by atoms with Gasteiger partial charge in [0, 0.05) is 0 Å². The number of carbonyl (C=O) groups excluding carboxylic acids is 1. The number of thiocarbonyl (C=S) groups is 1. The third-order valence-corrected chi connectivity index (χ3v) is 4.57. The molecule has 150 valence electrons. The summed E-state index contributed by atoms with van der Waals surface area (Å²) in [4.78, 5) is 12.2. The van der Waals surface area contributed by atoms with Crippen molar-refractivity contribution in [2.24, 2.45) is 0 Å². The summed E-state index contributed by atoms with van der Waals surface area (Å²) < 4.78 is 5.71. The molecular weight excluding hydrogens is 370 g/mol. The number of ether oxygens (including phenoxy) is 1. The van der Waals surface area contributed by atoms with E-state index in [2.05, 4.69) is 36.9 Å². The van der Waals surface area contributed by atoms with E-state index < -0.39 is 6.10 Å². The van der Waals surface area contributed by atoms with Crippen molar-refractivity contribution in [2.75, 3.05) is 0 Å². The molecule has 0 bridgehead atoms. The van der Waals surface area contributed by atoms with Gasteiger partial charge in [-0.15, -0.1) is 0 Å². The third-order valence-electron chi connectivity index (χ3n) is 4.35. The molecule has 0 heterocycles. The summed E-state index contributed by atoms with van der Waals surface area (Å²) in [5.74, 6) is 0.338. The minimum atomic E-state index is -0.665. The average molecular weight is 400 g/mol. The summed E-state index contributed by atoms with van der Waals surface area (Å²) in [5.41, 5.74) is 7.69. The van der Waals surface area contributed by atoms with E-state index in [0.29, 0.717) is 10.9 Å². The number of hydrogen-bond acceptors (Lipinski definition) is 3. The van der Waals surface area contributed by atoms with E-state index in [4.69, 9.17) is 17.0 Å². The third kappa shape index (κ3) is 6.53. The molecule has 2 aromatic carbocycles. The SMILES string of the molecule is C[C@H](Oc1ccc(C(C)(C)C)cc1)C(=O)NNC(=S)N[C@@H](C)c1ccccc1. The maximum absolute atomic E-state index is 12.2. The van der Waals surface area contributed by atoms with Crippen molar-refractivity contribution in [1.29, 1.82) is 0 Å². The van der Waals surface area contributed by atoms with Crippen molar-refractivity contribution >= 4 is 23.2 Å². The van der Waals surface area contributed by atoms with Crippen LogP contribution < -0.4 is 20.9 Å². The molecule has 28 heavy (non-hydrogen) atoms. The van der Waals surface area contributed by atoms with Gasteiger partial charge in [0.15, 0.2) is 11.2 Å². The fourth-order valence-electron chi connectivity index (χ4n) is 2.57. The standard InChI is InChI=1S/C22H29N3O2S/c1-15(17-9-7-6-8-10-17)23-21(28)25-24-20(26)16(2)27-19-13-11-18(12-14-19)22(3,4)5/h6-16H,1-5H3,(H,24,26)(H2,23,25,28)/t15-,16-/m0/s1. The van der Waals surface area contributed by atoms with Crippen LogP contribution in [0.15, 0.2) is 54.6 Å². The summed E-state index contributed by atoms with van der Waals surface area (Å²) in [7, 11) is 0. The Labute approximate surface area is 172 Å². The molecule has 0 aliphatic rings. The van der Waals surface area contributed by atoms with E-state index >= 15 is 0 Å². The molecule has 0 aliphatic heterocycles. The van der Waals surface area contributed by atoms with Crippen LogP contribution in [0.2, 0.25) is 0 Å². The van der Waals surface area contributed by atoms with Crippen LogP contribution in [-0.4, -0.2) is 17.1 Å². The lowest BCUT2D eigenvalue weighted by Gasteiger charge is -2.21. The molecule has 0 aliphatic carbocycles. The predicted octanol–water partition coefficient (Wildman–Crippen LogP) is 4.01. The van der Waals surface area contributed by atoms with Crippen molar-refractivity contribution in [3.63, 3.8) is 0 Å². The van der Waals surface area contributed by atoms with Crippen LogP contribution >= 0.6 is 12.2 Å². The lowest BCUT2D eigenvalue weighted by Crippen LogP contribution is -2.50. The van der Waals surface area contributed by atoms with Gasteiger partial charge in [0.25, 0.3) is 5.91 Å². The Bertz CT molecular complexity index is 786. The van der Waals surface area contributed by atoms with Crippen LogP contribution in [0.3, 0.4) is 0 Å². The number of hydrazine groups is 1. The summed E-state index contributed by atoms with van der Waals surface area (Å²) in [6.07, 6.45) is -0.665. The molecule has 0 saturated carbocycles. The van der Waals surface area contributed by atoms with Gasteiger partial charge in [0.05, 0.1) is 6.04 Å². The average Bonchev–Trinajstić information content (AvgIpc) is 2.66. The molecule has 0 saturated heterocycles. The summed E-state index contributed by atoms with van der Waals surface area (Å²) in [6, 6.07) is 17.7. The maximum atomic E-state index is 12.2. The molecule has 0 fully saturated rings. The highest BCUT2D eigenvalue weighted by atomic mass is 32.1. The Balaban J connectivity index is 1.79. The molecule has 0 spiro atoms. The van der Waals surface area contributed by atoms with Crippen molar-refractivity contribution in [2.45, 2.75) is 52.2 Å². The van der Waals surface area contributed by atoms with Crippen LogP contribution in [0.1, 0.15) is 51.8 Å². The number of carbonyl (C=O) groups is 1. The molecule has 2 rings (SSSR count). The molecule has 6 heteroatoms. The Kier molecular flexibility index (Phi) is 7.40. The molecular formula is C22H29N3O2S. The van der Waals surface area contributed by atoms with Crippen molar-refractivity contribution < 1.29 is 9.53 Å². The van der Waals surface area contributed by atoms with Gasteiger partial charge in [-0.05, 0) is 54.7 Å². The Hall–Kier alpha value is -2.60. The molecule has 3 N–H and O–H groups in total. The van der Waals surface area contributed by atoms with Crippen molar-refractivity contribution in [3.8, 4) is 5.75 Å². The maximum Gasteiger partial charge on any atom is 0.279 e. The number of benzene rings is 2. The summed E-state index contributed by atoms with van der Waals surface area (Å²) in [5, 5.41) is 3.46. The highest BCUT2D eigenvalue weighted by molar-refractivity contribution is 7.80. The van der Waals surface area contributed by atoms with Gasteiger partial charge in [0.1, 0.15) is 5.75 Å². The number of rotatable bonds is 5. The molecule has 2 aromatic rings. The zero-order valence-electron chi connectivity index (χ0n) is 17.1. The minimum absolute atomic E-state index is 0.0214. The van der Waals surface area contributed by atoms with Gasteiger partial charge < -0.3 is 10.1 Å². The Morgan fingerprint density at radius 1 is 0.964 bits per heavy atom. The lowest BCUT2D eigenvalue weighted by atomic mass is 9.87. The quantitative estimate of drug-likeness (QED) is 0.524. The number of nitrogens with one attached hydrogen (secondary N) is 3. The highest BCUT2D eigenvalue weighted by Gasteiger charge is 2.17. The molecule has 0 radical (unpaired) electrons. The van der Waals surface area contributed by atoms with Crippen LogP contribution in [0.5, 0.6) is 5.75 Å². The molecule has 5 nitrogen and oxygen atoms in total. The largest absolute Gasteiger partial charge is 0.481 e. The second-order valence-electron chi connectivity index (χ2n) is 7.75. The zero-order valence-corrected chi connectivity index (χ0v) is 17.9. The smallest absolute Gasteiger partial charge is 0.279 e. The first-order valence-corrected chi connectivity index (χ1v) is 9.76. The second kappa shape index (κ2) is 9.55. The van der Waals surface area contributed by atoms with Crippen LogP contribution in [-0.2, 0) is 10.2 Å². The molecule has 1 amide bonds. The Morgan fingerprint density at radius 3 is 2.14 bits per heavy atom. The number of hydrogen-bond donors (Lipinski definition) is 3. The fraction of sp³-hybridized carbons (Fsp3) is 0.364. The van der Waals surface area contributed by atoms with Crippen molar-refractivity contribution in [3.05, 3.63) is 65.7 Å². The molecule has 0 aromatic heterocycles. The van der Waals surface area contributed by atoms with Gasteiger partial charge >= 0.3 is 0 Å². The zero-order chi connectivity index (χ0) is 20.7. The lowest BCUT2D eigenvalue weighted by molar-refractivity contribution is -0.127. The fourth-order valence-corrected chi connectivity index (χ4v) is 2.80. The normalized spacial score (nSPS) is 13.2. The monoisotopic (exact) mass is 399 g/mol. The van der Waals surface area contributed by atoms with Crippen LogP contribution in [0, 0.1) is 0 Å². The Morgan fingerprint density at radius 2 is 1.57 bits per heavy atom. The minimum Gasteiger partial charge on any atom is -0.481 e. The van der Waals surface area contributed by atoms with Gasteiger partial charge in [-0.2, -0.15) is 0 Å². The van der Waals surface area contributed by atoms with E-state index in [-0.39, 0.29) is 17.4 Å². The van der Waals surface area contributed by atoms with E-state index in [9.17, 15) is 4.79 Å². The summed E-state index contributed by atoms with van der Waals surface area (Å²) in [6.45, 7) is 10.1. The van der Waals surface area contributed by atoms with E-state index in [0.717, 1.165) is 5.56 Å². The van der Waals surface area contributed by atoms with Gasteiger partial charge in [0.2, 0.25) is 0 Å². The van der Waals surface area contributed by atoms with Crippen LogP contribution in [0.4, 0.5) is 0 Å². The van der Waals surface area contributed by atoms with Gasteiger partial charge in [-0.3, -0.25) is 15.6 Å². The highest BCUT2D eigenvalue weighted by Crippen LogP contribution is 2.24. The van der Waals surface area contributed by atoms with E-state index in [1.807, 2.05) is 61.5 Å². The second-order valence-corrected chi connectivity index (χ2v) is 8.16. The van der Waals surface area contributed by atoms with Gasteiger partial charge in [-0.1, -0.05) is 63.2 Å². The first-order chi connectivity index (χ1) is 13.2. The number of amides is 1. The first kappa shape index (κ1) is 21.7. The molecule has 2 atom stereocenters. The molecule has 0 unspecified atom stereocenters. The predicted molar refractivity (Wildman–Crippen MR) is 117 cm³/mol. The first-order valence-electron chi connectivity index (χ1n) is 9.35. The van der Waals surface area contributed by atoms with Crippen molar-refractivity contribution in [1.82, 2.24) is 16.2 Å². The summed E-state index contributed by atoms with van der Waals surface area (Å²) >= 11 is 5.24. The van der Waals surface area contributed by atoms with E-state index in [1.165, 1.54) is 5.56 Å². The topological polar surface area (TPSA) is 62.4 Å². The van der Waals surface area contributed by atoms with E-state index in [1.54, 1.807) is 6.92 Å².